The van der Waals surface area contributed by atoms with Crippen LogP contribution < -0.4 is 28.3 Å². The van der Waals surface area contributed by atoms with E-state index in [-0.39, 0.29) is 17.0 Å². The molecule has 0 aromatic carbocycles. The van der Waals surface area contributed by atoms with Crippen LogP contribution >= 0.6 is 12.2 Å². The van der Waals surface area contributed by atoms with Crippen molar-refractivity contribution in [3.05, 3.63) is 0 Å². The Morgan fingerprint density at radius 2 is 1.18 bits per heavy atom. The fraction of sp³-hybridized carbons (Fsp3) is 0. The Balaban J connectivity index is 0. The van der Waals surface area contributed by atoms with Crippen LogP contribution in [0.5, 0.6) is 0 Å². The summed E-state index contributed by atoms with van der Waals surface area (Å²) < 4.78 is 0. The number of hydrogen-bond donors (Lipinski definition) is 7. The second kappa shape index (κ2) is 6.55. The molecule has 11 heavy (non-hydrogen) atoms. The van der Waals surface area contributed by atoms with Gasteiger partial charge < -0.3 is 22.9 Å². The molecule has 0 saturated carbocycles. The van der Waals surface area contributed by atoms with Gasteiger partial charge in [-0.15, -0.1) is 0 Å². The van der Waals surface area contributed by atoms with Crippen LogP contribution in [0.1, 0.15) is 0 Å². The number of rotatable bonds is 0. The largest absolute Gasteiger partial charge is 0.377 e. The standard InChI is InChI=1S/C2H7N5.CH4N2S/c3-1(4)7-2(5)6;2-1(3)4/h(H7,3,4,5,6,7);(H4,2,3,4). The lowest BCUT2D eigenvalue weighted by molar-refractivity contribution is 1.19. The van der Waals surface area contributed by atoms with Crippen molar-refractivity contribution in [2.45, 2.75) is 0 Å². The molecule has 0 radical (unpaired) electrons. The maximum absolute atomic E-state index is 6.47. The Bertz CT molecular complexity index is 147. The molecule has 8 heteroatoms. The Hall–Kier alpha value is -1.57. The van der Waals surface area contributed by atoms with Crippen molar-refractivity contribution < 1.29 is 0 Å². The second-order valence-corrected chi connectivity index (χ2v) is 1.83. The fourth-order valence-corrected chi connectivity index (χ4v) is 0.145. The van der Waals surface area contributed by atoms with Crippen LogP contribution in [-0.2, 0) is 0 Å². The van der Waals surface area contributed by atoms with E-state index in [1.54, 1.807) is 0 Å². The van der Waals surface area contributed by atoms with Gasteiger partial charge in [0.25, 0.3) is 0 Å². The highest BCUT2D eigenvalue weighted by Crippen LogP contribution is 1.44. The molecule has 0 rings (SSSR count). The monoisotopic (exact) mass is 177 g/mol. The number of hydrogen-bond acceptors (Lipinski definition) is 3. The SMILES string of the molecule is N=C(N)NC(=N)N.NC(N)=S. The van der Waals surface area contributed by atoms with Crippen molar-refractivity contribution >= 4 is 29.2 Å². The Morgan fingerprint density at radius 3 is 1.18 bits per heavy atom. The van der Waals surface area contributed by atoms with E-state index in [1.807, 2.05) is 5.32 Å². The lowest BCUT2D eigenvalue weighted by atomic mass is 10.9. The van der Waals surface area contributed by atoms with Gasteiger partial charge in [-0.05, 0) is 12.2 Å². The second-order valence-electron chi connectivity index (χ2n) is 1.35. The zero-order chi connectivity index (χ0) is 9.44. The van der Waals surface area contributed by atoms with Crippen LogP contribution in [0.15, 0.2) is 0 Å². The molecule has 11 N–H and O–H groups in total. The van der Waals surface area contributed by atoms with Crippen molar-refractivity contribution in [3.8, 4) is 0 Å². The Morgan fingerprint density at radius 1 is 1.00 bits per heavy atom. The molecule has 0 spiro atoms. The van der Waals surface area contributed by atoms with Crippen molar-refractivity contribution in [2.75, 3.05) is 0 Å². The molecule has 0 aliphatic rings. The third-order valence-electron chi connectivity index (χ3n) is 0.269. The molecule has 0 atom stereocenters. The molecule has 0 saturated heterocycles. The first-order valence-electron chi connectivity index (χ1n) is 2.36. The van der Waals surface area contributed by atoms with E-state index in [2.05, 4.69) is 23.7 Å². The maximum Gasteiger partial charge on any atom is 0.192 e. The average molecular weight is 177 g/mol. The van der Waals surface area contributed by atoms with E-state index in [4.69, 9.17) is 22.3 Å². The molecule has 0 aromatic heterocycles. The molecule has 7 nitrogen and oxygen atoms in total. The molecule has 0 unspecified atom stereocenters. The summed E-state index contributed by atoms with van der Waals surface area (Å²) in [4.78, 5) is 0. The minimum atomic E-state index is -0.312. The molecular formula is C3H11N7S. The third kappa shape index (κ3) is 59.0. The molecule has 0 aromatic rings. The van der Waals surface area contributed by atoms with Gasteiger partial charge >= 0.3 is 0 Å². The Kier molecular flexibility index (Phi) is 7.23. The zero-order valence-electron chi connectivity index (χ0n) is 5.72. The molecule has 0 aliphatic carbocycles. The highest BCUT2D eigenvalue weighted by atomic mass is 32.1. The fourth-order valence-electron chi connectivity index (χ4n) is 0.145. The van der Waals surface area contributed by atoms with Gasteiger partial charge in [-0.25, -0.2) is 0 Å². The molecular weight excluding hydrogens is 166 g/mol. The van der Waals surface area contributed by atoms with Crippen molar-refractivity contribution in [3.63, 3.8) is 0 Å². The lowest BCUT2D eigenvalue weighted by Gasteiger charge is -1.95. The zero-order valence-corrected chi connectivity index (χ0v) is 6.53. The van der Waals surface area contributed by atoms with Crippen LogP contribution in [-0.4, -0.2) is 17.0 Å². The molecule has 0 fully saturated rings. The lowest BCUT2D eigenvalue weighted by Crippen LogP contribution is -2.39. The number of nitrogens with two attached hydrogens (primary N) is 4. The van der Waals surface area contributed by atoms with Gasteiger partial charge in [0.2, 0.25) is 0 Å². The van der Waals surface area contributed by atoms with Crippen LogP contribution in [0.2, 0.25) is 0 Å². The van der Waals surface area contributed by atoms with Crippen molar-refractivity contribution in [2.24, 2.45) is 22.9 Å². The molecule has 0 bridgehead atoms. The van der Waals surface area contributed by atoms with Crippen LogP contribution in [0.4, 0.5) is 0 Å². The van der Waals surface area contributed by atoms with Crippen LogP contribution in [0.25, 0.3) is 0 Å². The van der Waals surface area contributed by atoms with E-state index in [0.717, 1.165) is 0 Å². The number of guanidine groups is 2. The van der Waals surface area contributed by atoms with Gasteiger partial charge in [-0.1, -0.05) is 0 Å². The van der Waals surface area contributed by atoms with E-state index in [0.29, 0.717) is 0 Å². The quantitative estimate of drug-likeness (QED) is 0.123. The van der Waals surface area contributed by atoms with Gasteiger partial charge in [0, 0.05) is 0 Å². The third-order valence-corrected chi connectivity index (χ3v) is 0.269. The topological polar surface area (TPSA) is 164 Å². The highest BCUT2D eigenvalue weighted by Gasteiger charge is 1.83. The summed E-state index contributed by atoms with van der Waals surface area (Å²) in [6.45, 7) is 0. The summed E-state index contributed by atoms with van der Waals surface area (Å²) in [5, 5.41) is 15.0. The predicted molar refractivity (Wildman–Crippen MR) is 47.9 cm³/mol. The Labute approximate surface area is 69.1 Å². The first-order chi connectivity index (χ1) is 4.86. The van der Waals surface area contributed by atoms with Crippen molar-refractivity contribution in [1.29, 1.82) is 10.8 Å². The first kappa shape index (κ1) is 12.1. The number of thiocarbonyl (C=S) groups is 1. The van der Waals surface area contributed by atoms with Gasteiger partial charge in [0.1, 0.15) is 0 Å². The minimum Gasteiger partial charge on any atom is -0.377 e. The molecule has 0 amide bonds. The first-order valence-corrected chi connectivity index (χ1v) is 2.77. The van der Waals surface area contributed by atoms with E-state index >= 15 is 0 Å². The summed E-state index contributed by atoms with van der Waals surface area (Å²) in [5.41, 5.74) is 18.7. The van der Waals surface area contributed by atoms with Gasteiger partial charge in [-0.3, -0.25) is 16.1 Å². The average Bonchev–Trinajstić information content (AvgIpc) is 1.56. The van der Waals surface area contributed by atoms with Crippen LogP contribution in [0.3, 0.4) is 0 Å². The summed E-state index contributed by atoms with van der Waals surface area (Å²) in [7, 11) is 0. The molecule has 0 heterocycles. The number of nitrogens with one attached hydrogen (secondary N) is 3. The van der Waals surface area contributed by atoms with Crippen molar-refractivity contribution in [1.82, 2.24) is 5.32 Å². The maximum atomic E-state index is 6.47. The summed E-state index contributed by atoms with van der Waals surface area (Å²) in [5.74, 6) is -0.625. The smallest absolute Gasteiger partial charge is 0.192 e. The van der Waals surface area contributed by atoms with Gasteiger partial charge in [-0.2, -0.15) is 0 Å². The normalized spacial score (nSPS) is 6.91. The van der Waals surface area contributed by atoms with Gasteiger partial charge in [0.05, 0.1) is 0 Å². The summed E-state index contributed by atoms with van der Waals surface area (Å²) in [6.07, 6.45) is 0. The van der Waals surface area contributed by atoms with Gasteiger partial charge in [0.15, 0.2) is 17.0 Å². The summed E-state index contributed by atoms with van der Waals surface area (Å²) in [6, 6.07) is 0. The van der Waals surface area contributed by atoms with E-state index < -0.39 is 0 Å². The highest BCUT2D eigenvalue weighted by molar-refractivity contribution is 7.80. The van der Waals surface area contributed by atoms with E-state index in [1.165, 1.54) is 0 Å². The van der Waals surface area contributed by atoms with Crippen LogP contribution in [0, 0.1) is 10.8 Å². The summed E-state index contributed by atoms with van der Waals surface area (Å²) >= 11 is 4.09. The predicted octanol–water partition coefficient (Wildman–Crippen LogP) is -2.45. The molecule has 64 valence electrons. The minimum absolute atomic E-state index is 0.000000000000000222. The molecule has 0 aliphatic heterocycles. The van der Waals surface area contributed by atoms with E-state index in [9.17, 15) is 0 Å².